The second kappa shape index (κ2) is 6.77. The first kappa shape index (κ1) is 13.3. The molecule has 0 aromatic heterocycles. The molecule has 0 saturated heterocycles. The molecule has 1 nitrogen and oxygen atoms in total. The molecule has 0 heterocycles. The van der Waals surface area contributed by atoms with E-state index >= 15 is 0 Å². The van der Waals surface area contributed by atoms with Gasteiger partial charge in [-0.25, -0.2) is 0 Å². The van der Waals surface area contributed by atoms with Crippen LogP contribution in [0.1, 0.15) is 24.5 Å². The Kier molecular flexibility index (Phi) is 5.64. The van der Waals surface area contributed by atoms with Crippen LogP contribution in [0.5, 0.6) is 0 Å². The van der Waals surface area contributed by atoms with Gasteiger partial charge in [0.1, 0.15) is 0 Å². The lowest BCUT2D eigenvalue weighted by molar-refractivity contribution is -0.109. The molecular weight excluding hydrogens is 240 g/mol. The number of benzene rings is 1. The fraction of sp³-hybridized carbons (Fsp3) is 0.308. The van der Waals surface area contributed by atoms with E-state index in [9.17, 15) is 4.79 Å². The Morgan fingerprint density at radius 3 is 2.81 bits per heavy atom. The molecule has 0 N–H and O–H groups in total. The topological polar surface area (TPSA) is 17.1 Å². The zero-order valence-corrected chi connectivity index (χ0v) is 11.1. The number of carbonyl (C=O) groups excluding carboxylic acids is 1. The van der Waals surface area contributed by atoms with Crippen molar-refractivity contribution >= 4 is 34.6 Å². The molecule has 0 bridgehead atoms. The minimum atomic E-state index is 0.173. The Balaban J connectivity index is 2.46. The smallest absolute Gasteiger partial charge is 0.185 e. The standard InChI is InChI=1S/C13H15ClOS/c1-10-7-12(9-13(14)8-10)5-3-4-6-16-11(2)15/h3,5,7-9H,4,6H2,1-2H3. The Morgan fingerprint density at radius 2 is 2.19 bits per heavy atom. The first-order valence-electron chi connectivity index (χ1n) is 5.15. The molecule has 0 atom stereocenters. The summed E-state index contributed by atoms with van der Waals surface area (Å²) in [5, 5.41) is 0.935. The predicted octanol–water partition coefficient (Wildman–Crippen LogP) is 4.33. The van der Waals surface area contributed by atoms with Crippen LogP contribution in [0.25, 0.3) is 6.08 Å². The highest BCUT2D eigenvalue weighted by molar-refractivity contribution is 8.13. The number of carbonyl (C=O) groups is 1. The van der Waals surface area contributed by atoms with Gasteiger partial charge in [0.2, 0.25) is 0 Å². The van der Waals surface area contributed by atoms with Crippen molar-refractivity contribution in [3.63, 3.8) is 0 Å². The van der Waals surface area contributed by atoms with Crippen LogP contribution in [0.15, 0.2) is 24.3 Å². The predicted molar refractivity (Wildman–Crippen MR) is 73.0 cm³/mol. The largest absolute Gasteiger partial charge is 0.288 e. The summed E-state index contributed by atoms with van der Waals surface area (Å²) >= 11 is 7.31. The molecule has 0 aliphatic rings. The average Bonchev–Trinajstić information content (AvgIpc) is 2.15. The average molecular weight is 255 g/mol. The van der Waals surface area contributed by atoms with Crippen molar-refractivity contribution in [1.29, 1.82) is 0 Å². The van der Waals surface area contributed by atoms with E-state index in [0.717, 1.165) is 28.3 Å². The van der Waals surface area contributed by atoms with Crippen molar-refractivity contribution < 1.29 is 4.79 Å². The molecule has 0 aliphatic heterocycles. The highest BCUT2D eigenvalue weighted by Gasteiger charge is 1.94. The summed E-state index contributed by atoms with van der Waals surface area (Å²) < 4.78 is 0. The summed E-state index contributed by atoms with van der Waals surface area (Å²) in [5.41, 5.74) is 2.27. The van der Waals surface area contributed by atoms with Gasteiger partial charge in [-0.1, -0.05) is 41.6 Å². The van der Waals surface area contributed by atoms with Crippen molar-refractivity contribution in [3.05, 3.63) is 40.4 Å². The molecule has 86 valence electrons. The maximum absolute atomic E-state index is 10.7. The number of hydrogen-bond acceptors (Lipinski definition) is 2. The van der Waals surface area contributed by atoms with E-state index in [1.54, 1.807) is 6.92 Å². The number of halogens is 1. The Bertz CT molecular complexity index is 379. The molecule has 0 aliphatic carbocycles. The molecule has 1 aromatic carbocycles. The van der Waals surface area contributed by atoms with Gasteiger partial charge in [0.25, 0.3) is 0 Å². The van der Waals surface area contributed by atoms with Gasteiger partial charge in [-0.15, -0.1) is 0 Å². The summed E-state index contributed by atoms with van der Waals surface area (Å²) in [7, 11) is 0. The van der Waals surface area contributed by atoms with E-state index in [4.69, 9.17) is 11.6 Å². The number of thioether (sulfide) groups is 1. The highest BCUT2D eigenvalue weighted by Crippen LogP contribution is 2.16. The zero-order valence-electron chi connectivity index (χ0n) is 9.50. The molecule has 0 saturated carbocycles. The van der Waals surface area contributed by atoms with Crippen LogP contribution in [-0.2, 0) is 4.79 Å². The van der Waals surface area contributed by atoms with Gasteiger partial charge in [-0.05, 0) is 36.6 Å². The summed E-state index contributed by atoms with van der Waals surface area (Å²) in [4.78, 5) is 10.7. The lowest BCUT2D eigenvalue weighted by Crippen LogP contribution is -1.83. The van der Waals surface area contributed by atoms with Gasteiger partial charge in [-0.2, -0.15) is 0 Å². The molecule has 0 spiro atoms. The van der Waals surface area contributed by atoms with Gasteiger partial charge in [0.05, 0.1) is 0 Å². The van der Waals surface area contributed by atoms with Crippen LogP contribution in [0.4, 0.5) is 0 Å². The Morgan fingerprint density at radius 1 is 1.44 bits per heavy atom. The highest BCUT2D eigenvalue weighted by atomic mass is 35.5. The van der Waals surface area contributed by atoms with E-state index in [1.807, 2.05) is 25.1 Å². The minimum absolute atomic E-state index is 0.173. The van der Waals surface area contributed by atoms with Gasteiger partial charge < -0.3 is 0 Å². The molecule has 0 radical (unpaired) electrons. The quantitative estimate of drug-likeness (QED) is 0.744. The molecule has 0 fully saturated rings. The van der Waals surface area contributed by atoms with Crippen LogP contribution < -0.4 is 0 Å². The van der Waals surface area contributed by atoms with Crippen molar-refractivity contribution in [2.24, 2.45) is 0 Å². The monoisotopic (exact) mass is 254 g/mol. The lowest BCUT2D eigenvalue weighted by Gasteiger charge is -1.98. The van der Waals surface area contributed by atoms with Crippen LogP contribution in [0, 0.1) is 6.92 Å². The molecular formula is C13H15ClOS. The van der Waals surface area contributed by atoms with Crippen LogP contribution in [0.2, 0.25) is 5.02 Å². The number of aryl methyl sites for hydroxylation is 1. The number of allylic oxidation sites excluding steroid dienone is 1. The minimum Gasteiger partial charge on any atom is -0.288 e. The molecule has 1 rings (SSSR count). The Hall–Kier alpha value is -0.730. The third-order valence-electron chi connectivity index (χ3n) is 1.96. The van der Waals surface area contributed by atoms with Crippen LogP contribution in [-0.4, -0.2) is 10.9 Å². The van der Waals surface area contributed by atoms with Crippen LogP contribution >= 0.6 is 23.4 Å². The van der Waals surface area contributed by atoms with E-state index in [1.165, 1.54) is 11.8 Å². The maximum atomic E-state index is 10.7. The number of rotatable bonds is 4. The fourth-order valence-electron chi connectivity index (χ4n) is 1.35. The van der Waals surface area contributed by atoms with E-state index in [-0.39, 0.29) is 5.12 Å². The molecule has 16 heavy (non-hydrogen) atoms. The molecule has 3 heteroatoms. The normalized spacial score (nSPS) is 10.9. The Labute approximate surface area is 106 Å². The summed E-state index contributed by atoms with van der Waals surface area (Å²) in [5.74, 6) is 0.839. The van der Waals surface area contributed by atoms with Crippen molar-refractivity contribution in [3.8, 4) is 0 Å². The van der Waals surface area contributed by atoms with E-state index < -0.39 is 0 Å². The molecule has 1 aromatic rings. The third kappa shape index (κ3) is 5.38. The third-order valence-corrected chi connectivity index (χ3v) is 3.03. The number of hydrogen-bond donors (Lipinski definition) is 0. The first-order chi connectivity index (χ1) is 7.58. The summed E-state index contributed by atoms with van der Waals surface area (Å²) in [6.45, 7) is 3.61. The van der Waals surface area contributed by atoms with Crippen molar-refractivity contribution in [2.75, 3.05) is 5.75 Å². The van der Waals surface area contributed by atoms with E-state index in [0.29, 0.717) is 0 Å². The second-order valence-corrected chi connectivity index (χ2v) is 5.30. The van der Waals surface area contributed by atoms with Crippen LogP contribution in [0.3, 0.4) is 0 Å². The lowest BCUT2D eigenvalue weighted by atomic mass is 10.1. The first-order valence-corrected chi connectivity index (χ1v) is 6.51. The van der Waals surface area contributed by atoms with Gasteiger partial charge in [0.15, 0.2) is 5.12 Å². The second-order valence-electron chi connectivity index (χ2n) is 3.59. The summed E-state index contributed by atoms with van der Waals surface area (Å²) in [6, 6.07) is 5.95. The SMILES string of the molecule is CC(=O)SCCC=Cc1cc(C)cc(Cl)c1. The maximum Gasteiger partial charge on any atom is 0.185 e. The van der Waals surface area contributed by atoms with Gasteiger partial charge >= 0.3 is 0 Å². The van der Waals surface area contributed by atoms with E-state index in [2.05, 4.69) is 12.1 Å². The van der Waals surface area contributed by atoms with Gasteiger partial charge in [0, 0.05) is 17.7 Å². The summed E-state index contributed by atoms with van der Waals surface area (Å²) in [6.07, 6.45) is 5.01. The zero-order chi connectivity index (χ0) is 12.0. The molecule has 0 unspecified atom stereocenters. The molecule has 0 amide bonds. The van der Waals surface area contributed by atoms with Gasteiger partial charge in [-0.3, -0.25) is 4.79 Å². The van der Waals surface area contributed by atoms with Crippen molar-refractivity contribution in [1.82, 2.24) is 0 Å². The fourth-order valence-corrected chi connectivity index (χ4v) is 2.19. The van der Waals surface area contributed by atoms with Crippen molar-refractivity contribution in [2.45, 2.75) is 20.3 Å².